The standard InChI is InChI=1S/C27H26N2O3/c1-17-7-10-25-24(6-3-11-28-25)26(17)23-5-2-4-18-12-19(8-9-22(18)23)27(32)29-13-20(15-30)21(14-29)16-31/h2-12,20-21,30-31H,13-16H2,1H3/t20-,21-/m0/s1. The SMILES string of the molecule is Cc1ccc2ncccc2c1-c1cccc2cc(C(=O)N3C[C@@H](CO)[C@H](CO)C3)ccc12. The third kappa shape index (κ3) is 3.44. The quantitative estimate of drug-likeness (QED) is 0.517. The fourth-order valence-electron chi connectivity index (χ4n) is 4.95. The lowest BCUT2D eigenvalue weighted by Gasteiger charge is -2.17. The van der Waals surface area contributed by atoms with Gasteiger partial charge in [0, 0.05) is 55.3 Å². The van der Waals surface area contributed by atoms with Crippen LogP contribution in [0.4, 0.5) is 0 Å². The number of aliphatic hydroxyl groups excluding tert-OH is 2. The van der Waals surface area contributed by atoms with E-state index in [9.17, 15) is 15.0 Å². The van der Waals surface area contributed by atoms with Crippen molar-refractivity contribution in [1.82, 2.24) is 9.88 Å². The monoisotopic (exact) mass is 426 g/mol. The molecule has 1 amide bonds. The Balaban J connectivity index is 1.56. The number of hydrogen-bond acceptors (Lipinski definition) is 4. The van der Waals surface area contributed by atoms with Crippen LogP contribution >= 0.6 is 0 Å². The summed E-state index contributed by atoms with van der Waals surface area (Å²) in [6.45, 7) is 3.02. The van der Waals surface area contributed by atoms with E-state index in [1.54, 1.807) is 4.90 Å². The predicted molar refractivity (Wildman–Crippen MR) is 126 cm³/mol. The van der Waals surface area contributed by atoms with Gasteiger partial charge in [0.1, 0.15) is 0 Å². The van der Waals surface area contributed by atoms with Crippen molar-refractivity contribution in [3.63, 3.8) is 0 Å². The molecule has 2 N–H and O–H groups in total. The Hall–Kier alpha value is -3.28. The smallest absolute Gasteiger partial charge is 0.253 e. The van der Waals surface area contributed by atoms with E-state index in [1.165, 1.54) is 5.56 Å². The first-order valence-electron chi connectivity index (χ1n) is 11.0. The zero-order chi connectivity index (χ0) is 22.2. The fourth-order valence-corrected chi connectivity index (χ4v) is 4.95. The Morgan fingerprint density at radius 3 is 2.50 bits per heavy atom. The highest BCUT2D eigenvalue weighted by Crippen LogP contribution is 2.36. The van der Waals surface area contributed by atoms with Gasteiger partial charge in [-0.2, -0.15) is 0 Å². The van der Waals surface area contributed by atoms with Gasteiger partial charge in [0.15, 0.2) is 0 Å². The molecule has 1 aromatic heterocycles. The second-order valence-corrected chi connectivity index (χ2v) is 8.66. The number of aryl methyl sites for hydroxylation is 1. The lowest BCUT2D eigenvalue weighted by Crippen LogP contribution is -2.29. The van der Waals surface area contributed by atoms with Crippen LogP contribution in [0.25, 0.3) is 32.8 Å². The molecule has 1 fully saturated rings. The first kappa shape index (κ1) is 20.6. The van der Waals surface area contributed by atoms with E-state index in [0.29, 0.717) is 18.7 Å². The zero-order valence-corrected chi connectivity index (χ0v) is 18.0. The molecule has 32 heavy (non-hydrogen) atoms. The maximum Gasteiger partial charge on any atom is 0.253 e. The summed E-state index contributed by atoms with van der Waals surface area (Å²) in [5, 5.41) is 22.3. The van der Waals surface area contributed by atoms with Crippen LogP contribution in [0.1, 0.15) is 15.9 Å². The van der Waals surface area contributed by atoms with Crippen molar-refractivity contribution in [2.45, 2.75) is 6.92 Å². The maximum atomic E-state index is 13.2. The van der Waals surface area contributed by atoms with Crippen LogP contribution in [-0.2, 0) is 0 Å². The number of hydrogen-bond donors (Lipinski definition) is 2. The average Bonchev–Trinajstić information content (AvgIpc) is 3.26. The normalized spacial score (nSPS) is 18.5. The van der Waals surface area contributed by atoms with Crippen molar-refractivity contribution in [1.29, 1.82) is 0 Å². The summed E-state index contributed by atoms with van der Waals surface area (Å²) in [5.41, 5.74) is 5.06. The molecule has 5 rings (SSSR count). The Morgan fingerprint density at radius 2 is 1.75 bits per heavy atom. The van der Waals surface area contributed by atoms with E-state index in [4.69, 9.17) is 0 Å². The molecule has 0 spiro atoms. The van der Waals surface area contributed by atoms with Gasteiger partial charge in [0.05, 0.1) is 5.52 Å². The van der Waals surface area contributed by atoms with Crippen molar-refractivity contribution >= 4 is 27.6 Å². The number of rotatable bonds is 4. The minimum Gasteiger partial charge on any atom is -0.396 e. The molecule has 1 aliphatic heterocycles. The third-order valence-electron chi connectivity index (χ3n) is 6.72. The van der Waals surface area contributed by atoms with E-state index in [-0.39, 0.29) is 31.0 Å². The third-order valence-corrected chi connectivity index (χ3v) is 6.72. The van der Waals surface area contributed by atoms with Gasteiger partial charge < -0.3 is 15.1 Å². The number of likely N-dealkylation sites (tertiary alicyclic amines) is 1. The van der Waals surface area contributed by atoms with Crippen LogP contribution in [0.3, 0.4) is 0 Å². The molecule has 2 atom stereocenters. The van der Waals surface area contributed by atoms with Crippen molar-refractivity contribution in [3.8, 4) is 11.1 Å². The van der Waals surface area contributed by atoms with Crippen LogP contribution in [0, 0.1) is 18.8 Å². The molecule has 5 heteroatoms. The highest BCUT2D eigenvalue weighted by atomic mass is 16.3. The number of amides is 1. The molecule has 4 aromatic rings. The molecule has 2 heterocycles. The van der Waals surface area contributed by atoms with Gasteiger partial charge in [-0.15, -0.1) is 0 Å². The Morgan fingerprint density at radius 1 is 0.969 bits per heavy atom. The number of aromatic nitrogens is 1. The number of benzene rings is 3. The number of carbonyl (C=O) groups is 1. The van der Waals surface area contributed by atoms with E-state index in [1.807, 2.05) is 48.7 Å². The molecule has 5 nitrogen and oxygen atoms in total. The van der Waals surface area contributed by atoms with Crippen molar-refractivity contribution in [2.24, 2.45) is 11.8 Å². The predicted octanol–water partition coefficient (Wildman–Crippen LogP) is 4.04. The molecule has 0 bridgehead atoms. The number of pyridine rings is 1. The number of nitrogens with zero attached hydrogens (tertiary/aromatic N) is 2. The summed E-state index contributed by atoms with van der Waals surface area (Å²) in [5.74, 6) is -0.199. The lowest BCUT2D eigenvalue weighted by atomic mass is 9.91. The number of fused-ring (bicyclic) bond motifs is 2. The second kappa shape index (κ2) is 8.34. The minimum absolute atomic E-state index is 0.0185. The highest BCUT2D eigenvalue weighted by Gasteiger charge is 2.34. The average molecular weight is 427 g/mol. The summed E-state index contributed by atoms with van der Waals surface area (Å²) in [7, 11) is 0. The van der Waals surface area contributed by atoms with Gasteiger partial charge in [-0.1, -0.05) is 36.4 Å². The van der Waals surface area contributed by atoms with E-state index < -0.39 is 0 Å². The Bertz CT molecular complexity index is 1310. The maximum absolute atomic E-state index is 13.2. The molecule has 0 unspecified atom stereocenters. The summed E-state index contributed by atoms with van der Waals surface area (Å²) in [6, 6.07) is 20.2. The highest BCUT2D eigenvalue weighted by molar-refractivity contribution is 6.07. The van der Waals surface area contributed by atoms with Gasteiger partial charge >= 0.3 is 0 Å². The summed E-state index contributed by atoms with van der Waals surface area (Å²) >= 11 is 0. The molecule has 0 radical (unpaired) electrons. The van der Waals surface area contributed by atoms with Crippen molar-refractivity contribution in [2.75, 3.05) is 26.3 Å². The fraction of sp³-hybridized carbons (Fsp3) is 0.259. The van der Waals surface area contributed by atoms with Crippen molar-refractivity contribution < 1.29 is 15.0 Å². The van der Waals surface area contributed by atoms with Crippen LogP contribution in [-0.4, -0.2) is 52.3 Å². The van der Waals surface area contributed by atoms with Crippen LogP contribution in [0.15, 0.2) is 66.9 Å². The van der Waals surface area contributed by atoms with Gasteiger partial charge in [-0.25, -0.2) is 0 Å². The summed E-state index contributed by atoms with van der Waals surface area (Å²) in [6.07, 6.45) is 1.81. The molecular weight excluding hydrogens is 400 g/mol. The molecule has 0 saturated carbocycles. The molecule has 1 aliphatic rings. The first-order chi connectivity index (χ1) is 15.6. The van der Waals surface area contributed by atoms with Crippen LogP contribution < -0.4 is 0 Å². The summed E-state index contributed by atoms with van der Waals surface area (Å²) in [4.78, 5) is 19.4. The Labute approximate surface area is 186 Å². The van der Waals surface area contributed by atoms with E-state index >= 15 is 0 Å². The van der Waals surface area contributed by atoms with Crippen molar-refractivity contribution in [3.05, 3.63) is 78.0 Å². The van der Waals surface area contributed by atoms with Gasteiger partial charge in [0.25, 0.3) is 5.91 Å². The second-order valence-electron chi connectivity index (χ2n) is 8.66. The van der Waals surface area contributed by atoms with Gasteiger partial charge in [-0.05, 0) is 58.7 Å². The largest absolute Gasteiger partial charge is 0.396 e. The Kier molecular flexibility index (Phi) is 5.37. The topological polar surface area (TPSA) is 73.7 Å². The lowest BCUT2D eigenvalue weighted by molar-refractivity contribution is 0.0778. The van der Waals surface area contributed by atoms with Gasteiger partial charge in [-0.3, -0.25) is 9.78 Å². The van der Waals surface area contributed by atoms with Crippen LogP contribution in [0.2, 0.25) is 0 Å². The van der Waals surface area contributed by atoms with Gasteiger partial charge in [0.2, 0.25) is 0 Å². The molecule has 1 saturated heterocycles. The molecule has 3 aromatic carbocycles. The van der Waals surface area contributed by atoms with Crippen LogP contribution in [0.5, 0.6) is 0 Å². The number of aliphatic hydroxyl groups is 2. The van der Waals surface area contributed by atoms with E-state index in [0.717, 1.165) is 32.8 Å². The number of carbonyl (C=O) groups excluding carboxylic acids is 1. The van der Waals surface area contributed by atoms with E-state index in [2.05, 4.69) is 30.1 Å². The molecular formula is C27H26N2O3. The minimum atomic E-state index is -0.0704. The molecule has 162 valence electrons. The zero-order valence-electron chi connectivity index (χ0n) is 18.0. The molecule has 0 aliphatic carbocycles. The summed E-state index contributed by atoms with van der Waals surface area (Å²) < 4.78 is 0. The first-order valence-corrected chi connectivity index (χ1v) is 11.0.